The quantitative estimate of drug-likeness (QED) is 0.637. The number of amides is 1. The van der Waals surface area contributed by atoms with Crippen LogP contribution in [0.5, 0.6) is 0 Å². The number of nitrogens with zero attached hydrogens (tertiary/aromatic N) is 4. The van der Waals surface area contributed by atoms with Crippen molar-refractivity contribution in [3.8, 4) is 6.07 Å². The monoisotopic (exact) mass is 494 g/mol. The Bertz CT molecular complexity index is 1200. The Morgan fingerprint density at radius 3 is 2.06 bits per heavy atom. The standard InChI is InChI=1S/C27H34N4O3S/c1-20-16-21(2)26(22(3)17-20)35(33,34)31-10-8-25(9-11-31)27(32)30-14-12-29(13-15-30)19-24-6-4-23(18-28)5-7-24/h4-7,16-17,25H,8-15,19H2,1-3H3. The number of hydrogen-bond donors (Lipinski definition) is 0. The van der Waals surface area contributed by atoms with Gasteiger partial charge in [0.15, 0.2) is 0 Å². The van der Waals surface area contributed by atoms with Gasteiger partial charge in [-0.2, -0.15) is 9.57 Å². The Labute approximate surface area is 209 Å². The SMILES string of the molecule is Cc1cc(C)c(S(=O)(=O)N2CCC(C(=O)N3CCN(Cc4ccc(C#N)cc4)CC3)CC2)c(C)c1. The number of piperidine rings is 1. The molecule has 0 unspecified atom stereocenters. The van der Waals surface area contributed by atoms with E-state index in [0.717, 1.165) is 41.9 Å². The average molecular weight is 495 g/mol. The van der Waals surface area contributed by atoms with Gasteiger partial charge in [0.05, 0.1) is 16.5 Å². The second kappa shape index (κ2) is 10.5. The van der Waals surface area contributed by atoms with Crippen molar-refractivity contribution < 1.29 is 13.2 Å². The van der Waals surface area contributed by atoms with Crippen LogP contribution in [0, 0.1) is 38.0 Å². The first-order valence-corrected chi connectivity index (χ1v) is 13.7. The zero-order chi connectivity index (χ0) is 25.2. The largest absolute Gasteiger partial charge is 0.340 e. The number of rotatable bonds is 5. The minimum Gasteiger partial charge on any atom is -0.340 e. The van der Waals surface area contributed by atoms with Crippen LogP contribution >= 0.6 is 0 Å². The normalized spacial score (nSPS) is 18.4. The number of carbonyl (C=O) groups is 1. The third-order valence-electron chi connectivity index (χ3n) is 7.18. The van der Waals surface area contributed by atoms with E-state index >= 15 is 0 Å². The molecule has 0 saturated carbocycles. The first-order valence-electron chi connectivity index (χ1n) is 12.3. The highest BCUT2D eigenvalue weighted by Crippen LogP contribution is 2.29. The van der Waals surface area contributed by atoms with Crippen molar-refractivity contribution in [1.29, 1.82) is 5.26 Å². The van der Waals surface area contributed by atoms with Crippen LogP contribution in [0.25, 0.3) is 0 Å². The highest BCUT2D eigenvalue weighted by Gasteiger charge is 2.35. The molecule has 35 heavy (non-hydrogen) atoms. The molecule has 7 nitrogen and oxygen atoms in total. The smallest absolute Gasteiger partial charge is 0.243 e. The van der Waals surface area contributed by atoms with E-state index in [9.17, 15) is 13.2 Å². The van der Waals surface area contributed by atoms with Crippen molar-refractivity contribution in [3.63, 3.8) is 0 Å². The van der Waals surface area contributed by atoms with Gasteiger partial charge >= 0.3 is 0 Å². The summed E-state index contributed by atoms with van der Waals surface area (Å²) in [5, 5.41) is 8.95. The maximum absolute atomic E-state index is 13.3. The molecule has 2 aliphatic heterocycles. The van der Waals surface area contributed by atoms with Gasteiger partial charge in [0.2, 0.25) is 15.9 Å². The van der Waals surface area contributed by atoms with E-state index in [1.54, 1.807) is 4.31 Å². The van der Waals surface area contributed by atoms with Gasteiger partial charge in [0.1, 0.15) is 0 Å². The lowest BCUT2D eigenvalue weighted by atomic mass is 9.96. The predicted octanol–water partition coefficient (Wildman–Crippen LogP) is 3.23. The van der Waals surface area contributed by atoms with Crippen LogP contribution in [0.3, 0.4) is 0 Å². The highest BCUT2D eigenvalue weighted by atomic mass is 32.2. The number of hydrogen-bond acceptors (Lipinski definition) is 5. The fourth-order valence-electron chi connectivity index (χ4n) is 5.37. The molecule has 1 amide bonds. The summed E-state index contributed by atoms with van der Waals surface area (Å²) in [5.74, 6) is 0.0366. The van der Waals surface area contributed by atoms with Crippen molar-refractivity contribution in [2.75, 3.05) is 39.3 Å². The first kappa shape index (κ1) is 25.4. The van der Waals surface area contributed by atoms with Gasteiger partial charge in [0.25, 0.3) is 0 Å². The van der Waals surface area contributed by atoms with E-state index in [-0.39, 0.29) is 11.8 Å². The summed E-state index contributed by atoms with van der Waals surface area (Å²) in [7, 11) is -3.57. The molecular formula is C27H34N4O3S. The van der Waals surface area contributed by atoms with E-state index in [2.05, 4.69) is 11.0 Å². The minimum absolute atomic E-state index is 0.119. The van der Waals surface area contributed by atoms with Gasteiger partial charge in [-0.3, -0.25) is 9.69 Å². The molecule has 0 aromatic heterocycles. The fourth-order valence-corrected chi connectivity index (χ4v) is 7.25. The summed E-state index contributed by atoms with van der Waals surface area (Å²) < 4.78 is 28.3. The molecule has 2 heterocycles. The molecule has 8 heteroatoms. The molecule has 2 aromatic carbocycles. The van der Waals surface area contributed by atoms with Crippen LogP contribution in [0.2, 0.25) is 0 Å². The van der Waals surface area contributed by atoms with Crippen molar-refractivity contribution >= 4 is 15.9 Å². The van der Waals surface area contributed by atoms with Crippen LogP contribution in [0.1, 0.15) is 40.7 Å². The van der Waals surface area contributed by atoms with Crippen molar-refractivity contribution in [3.05, 3.63) is 64.2 Å². The molecule has 2 saturated heterocycles. The topological polar surface area (TPSA) is 84.7 Å². The van der Waals surface area contributed by atoms with Crippen LogP contribution in [0.15, 0.2) is 41.3 Å². The Kier molecular flexibility index (Phi) is 7.60. The van der Waals surface area contributed by atoms with Crippen molar-refractivity contribution in [2.24, 2.45) is 5.92 Å². The second-order valence-electron chi connectivity index (χ2n) is 9.82. The fraction of sp³-hybridized carbons (Fsp3) is 0.481. The van der Waals surface area contributed by atoms with Crippen LogP contribution in [-0.4, -0.2) is 67.7 Å². The maximum Gasteiger partial charge on any atom is 0.243 e. The van der Waals surface area contributed by atoms with Crippen LogP contribution < -0.4 is 0 Å². The number of benzene rings is 2. The third kappa shape index (κ3) is 5.58. The Hall–Kier alpha value is -2.73. The number of carbonyl (C=O) groups excluding carboxylic acids is 1. The lowest BCUT2D eigenvalue weighted by Crippen LogP contribution is -2.51. The van der Waals surface area contributed by atoms with Gasteiger partial charge < -0.3 is 4.90 Å². The molecular weight excluding hydrogens is 460 g/mol. The average Bonchev–Trinajstić information content (AvgIpc) is 2.84. The minimum atomic E-state index is -3.57. The van der Waals surface area contributed by atoms with E-state index in [1.165, 1.54) is 0 Å². The Morgan fingerprint density at radius 2 is 1.51 bits per heavy atom. The number of nitriles is 1. The number of piperazine rings is 1. The Balaban J connectivity index is 1.30. The molecule has 4 rings (SSSR count). The van der Waals surface area contributed by atoms with Crippen LogP contribution in [-0.2, 0) is 21.4 Å². The van der Waals surface area contributed by atoms with Crippen molar-refractivity contribution in [1.82, 2.24) is 14.1 Å². The highest BCUT2D eigenvalue weighted by molar-refractivity contribution is 7.89. The molecule has 2 fully saturated rings. The van der Waals surface area contributed by atoms with E-state index in [4.69, 9.17) is 5.26 Å². The third-order valence-corrected chi connectivity index (χ3v) is 9.38. The lowest BCUT2D eigenvalue weighted by Gasteiger charge is -2.38. The summed E-state index contributed by atoms with van der Waals surface area (Å²) in [6, 6.07) is 13.6. The molecule has 0 spiro atoms. The predicted molar refractivity (Wildman–Crippen MR) is 135 cm³/mol. The van der Waals surface area contributed by atoms with Gasteiger partial charge in [-0.1, -0.05) is 29.8 Å². The maximum atomic E-state index is 13.3. The number of aryl methyl sites for hydroxylation is 3. The second-order valence-corrected chi connectivity index (χ2v) is 11.7. The summed E-state index contributed by atoms with van der Waals surface area (Å²) >= 11 is 0. The molecule has 2 aliphatic rings. The molecule has 0 atom stereocenters. The summed E-state index contributed by atoms with van der Waals surface area (Å²) in [5.41, 5.74) is 4.43. The first-order chi connectivity index (χ1) is 16.7. The molecule has 0 aliphatic carbocycles. The van der Waals surface area contributed by atoms with Crippen LogP contribution in [0.4, 0.5) is 0 Å². The van der Waals surface area contributed by atoms with E-state index in [0.29, 0.717) is 49.5 Å². The van der Waals surface area contributed by atoms with Gasteiger partial charge in [0, 0.05) is 51.7 Å². The molecule has 0 bridgehead atoms. The van der Waals surface area contributed by atoms with E-state index < -0.39 is 10.0 Å². The van der Waals surface area contributed by atoms with Gasteiger partial charge in [-0.05, 0) is 62.4 Å². The Morgan fingerprint density at radius 1 is 0.943 bits per heavy atom. The van der Waals surface area contributed by atoms with Gasteiger partial charge in [-0.25, -0.2) is 8.42 Å². The number of sulfonamides is 1. The molecule has 2 aromatic rings. The molecule has 0 radical (unpaired) electrons. The lowest BCUT2D eigenvalue weighted by molar-refractivity contribution is -0.138. The molecule has 0 N–H and O–H groups in total. The van der Waals surface area contributed by atoms with Crippen molar-refractivity contribution in [2.45, 2.75) is 45.1 Å². The summed E-state index contributed by atoms with van der Waals surface area (Å²) in [6.45, 7) is 10.2. The summed E-state index contributed by atoms with van der Waals surface area (Å²) in [6.07, 6.45) is 1.13. The van der Waals surface area contributed by atoms with Gasteiger partial charge in [-0.15, -0.1) is 0 Å². The van der Waals surface area contributed by atoms with E-state index in [1.807, 2.05) is 62.1 Å². The zero-order valence-electron chi connectivity index (χ0n) is 20.8. The summed E-state index contributed by atoms with van der Waals surface area (Å²) in [4.78, 5) is 17.8. The molecule has 186 valence electrons. The zero-order valence-corrected chi connectivity index (χ0v) is 21.6.